The van der Waals surface area contributed by atoms with Crippen molar-refractivity contribution in [3.63, 3.8) is 0 Å². The summed E-state index contributed by atoms with van der Waals surface area (Å²) in [6, 6.07) is 0. The molecule has 0 aliphatic rings. The molecular weight excluding hydrogens is 338 g/mol. The second-order valence-corrected chi connectivity index (χ2v) is 7.90. The monoisotopic (exact) mass is 387 g/mol. The first-order chi connectivity index (χ1) is 13.3. The third-order valence-corrected chi connectivity index (χ3v) is 5.01. The molecule has 0 aromatic rings. The minimum absolute atomic E-state index is 0.364. The highest BCUT2D eigenvalue weighted by Gasteiger charge is 2.04. The molecule has 0 aliphatic carbocycles. The van der Waals surface area contributed by atoms with Crippen LogP contribution in [0.4, 0.5) is 0 Å². The molecule has 0 aliphatic heterocycles. The summed E-state index contributed by atoms with van der Waals surface area (Å²) >= 11 is 0. The van der Waals surface area contributed by atoms with Gasteiger partial charge in [0.25, 0.3) is 0 Å². The van der Waals surface area contributed by atoms with Gasteiger partial charge in [0.05, 0.1) is 13.2 Å². The largest absolute Gasteiger partial charge is 0.388 e. The van der Waals surface area contributed by atoms with Gasteiger partial charge in [-0.25, -0.2) is 0 Å². The zero-order valence-corrected chi connectivity index (χ0v) is 18.3. The lowest BCUT2D eigenvalue weighted by Crippen LogP contribution is -2.22. The Bertz CT molecular complexity index is 264. The van der Waals surface area contributed by atoms with Crippen LogP contribution in [0.1, 0.15) is 110 Å². The van der Waals surface area contributed by atoms with Gasteiger partial charge in [0.15, 0.2) is 0 Å². The van der Waals surface area contributed by atoms with Crippen LogP contribution in [0.15, 0.2) is 0 Å². The van der Waals surface area contributed by atoms with E-state index < -0.39 is 6.10 Å². The molecule has 0 fully saturated rings. The summed E-state index contributed by atoms with van der Waals surface area (Å²) in [5.41, 5.74) is 5.42. The molecule has 0 saturated heterocycles. The Morgan fingerprint density at radius 3 is 1.37 bits per heavy atom. The van der Waals surface area contributed by atoms with Gasteiger partial charge in [-0.3, -0.25) is 0 Å². The van der Waals surface area contributed by atoms with Crippen LogP contribution in [0.5, 0.6) is 0 Å². The molecule has 0 saturated carbocycles. The molecular formula is C23H49NO3. The topological polar surface area (TPSA) is 64.7 Å². The van der Waals surface area contributed by atoms with Gasteiger partial charge < -0.3 is 20.3 Å². The molecule has 0 spiro atoms. The summed E-state index contributed by atoms with van der Waals surface area (Å²) in [5.74, 6) is 0. The molecule has 164 valence electrons. The van der Waals surface area contributed by atoms with Gasteiger partial charge in [-0.05, 0) is 25.8 Å². The number of rotatable bonds is 23. The van der Waals surface area contributed by atoms with Gasteiger partial charge in [-0.15, -0.1) is 0 Å². The van der Waals surface area contributed by atoms with E-state index in [2.05, 4.69) is 6.92 Å². The minimum atomic E-state index is -0.505. The number of aliphatic hydroxyl groups is 1. The molecule has 1 unspecified atom stereocenters. The van der Waals surface area contributed by atoms with Crippen molar-refractivity contribution in [1.29, 1.82) is 0 Å². The van der Waals surface area contributed by atoms with Crippen LogP contribution in [0.2, 0.25) is 0 Å². The van der Waals surface area contributed by atoms with E-state index in [4.69, 9.17) is 15.2 Å². The molecule has 0 heterocycles. The number of hydrogen-bond donors (Lipinski definition) is 2. The molecule has 1 atom stereocenters. The van der Waals surface area contributed by atoms with Crippen LogP contribution in [-0.4, -0.2) is 44.2 Å². The summed E-state index contributed by atoms with van der Waals surface area (Å²) in [4.78, 5) is 0. The summed E-state index contributed by atoms with van der Waals surface area (Å²) in [7, 11) is 0. The fraction of sp³-hybridized carbons (Fsp3) is 1.00. The van der Waals surface area contributed by atoms with Gasteiger partial charge in [-0.1, -0.05) is 90.4 Å². The van der Waals surface area contributed by atoms with E-state index in [0.717, 1.165) is 25.9 Å². The summed E-state index contributed by atoms with van der Waals surface area (Å²) in [6.45, 7) is 5.16. The van der Waals surface area contributed by atoms with Crippen molar-refractivity contribution in [3.8, 4) is 0 Å². The Labute approximate surface area is 169 Å². The number of aliphatic hydroxyl groups excluding tert-OH is 1. The van der Waals surface area contributed by atoms with Gasteiger partial charge in [0, 0.05) is 13.2 Å². The lowest BCUT2D eigenvalue weighted by Gasteiger charge is -2.11. The number of unbranched alkanes of at least 4 members (excludes halogenated alkanes) is 14. The predicted molar refractivity (Wildman–Crippen MR) is 116 cm³/mol. The second-order valence-electron chi connectivity index (χ2n) is 7.90. The van der Waals surface area contributed by atoms with Crippen LogP contribution in [0.3, 0.4) is 0 Å². The number of hydrogen-bond acceptors (Lipinski definition) is 4. The first-order valence-corrected chi connectivity index (χ1v) is 11.8. The quantitative estimate of drug-likeness (QED) is 0.224. The molecule has 27 heavy (non-hydrogen) atoms. The van der Waals surface area contributed by atoms with E-state index in [1.54, 1.807) is 0 Å². The number of ether oxygens (including phenoxy) is 2. The summed E-state index contributed by atoms with van der Waals surface area (Å²) in [6.07, 6.45) is 20.6. The van der Waals surface area contributed by atoms with Crippen molar-refractivity contribution < 1.29 is 14.6 Å². The standard InChI is InChI=1S/C23H49NO3/c1-2-3-4-5-6-7-8-9-10-11-12-13-14-16-19-26-21-23(25)22-27-20-17-15-18-24/h23,25H,2-22,24H2,1H3. The Hall–Kier alpha value is -0.160. The van der Waals surface area contributed by atoms with Crippen LogP contribution >= 0.6 is 0 Å². The van der Waals surface area contributed by atoms with Gasteiger partial charge in [-0.2, -0.15) is 0 Å². The molecule has 0 aromatic carbocycles. The third kappa shape index (κ3) is 23.8. The Morgan fingerprint density at radius 1 is 0.593 bits per heavy atom. The van der Waals surface area contributed by atoms with Gasteiger partial charge in [0.2, 0.25) is 0 Å². The van der Waals surface area contributed by atoms with Crippen molar-refractivity contribution in [3.05, 3.63) is 0 Å². The highest BCUT2D eigenvalue weighted by Crippen LogP contribution is 2.12. The van der Waals surface area contributed by atoms with E-state index in [1.165, 1.54) is 83.5 Å². The highest BCUT2D eigenvalue weighted by atomic mass is 16.5. The van der Waals surface area contributed by atoms with Crippen LogP contribution in [0.25, 0.3) is 0 Å². The first kappa shape index (κ1) is 26.8. The Morgan fingerprint density at radius 2 is 0.963 bits per heavy atom. The lowest BCUT2D eigenvalue weighted by molar-refractivity contribution is -0.0199. The van der Waals surface area contributed by atoms with E-state index in [-0.39, 0.29) is 0 Å². The van der Waals surface area contributed by atoms with E-state index in [1.807, 2.05) is 0 Å². The van der Waals surface area contributed by atoms with Crippen molar-refractivity contribution in [2.24, 2.45) is 5.73 Å². The average molecular weight is 388 g/mol. The summed E-state index contributed by atoms with van der Waals surface area (Å²) < 4.78 is 10.9. The molecule has 4 heteroatoms. The minimum Gasteiger partial charge on any atom is -0.388 e. The fourth-order valence-electron chi connectivity index (χ4n) is 3.23. The summed E-state index contributed by atoms with van der Waals surface area (Å²) in [5, 5.41) is 9.75. The van der Waals surface area contributed by atoms with E-state index >= 15 is 0 Å². The second kappa shape index (κ2) is 23.9. The van der Waals surface area contributed by atoms with Crippen molar-refractivity contribution in [2.45, 2.75) is 116 Å². The highest BCUT2D eigenvalue weighted by molar-refractivity contribution is 4.53. The normalized spacial score (nSPS) is 12.6. The molecule has 0 radical (unpaired) electrons. The van der Waals surface area contributed by atoms with Crippen molar-refractivity contribution in [2.75, 3.05) is 33.0 Å². The molecule has 3 N–H and O–H groups in total. The Balaban J connectivity index is 3.08. The Kier molecular flexibility index (Phi) is 23.7. The predicted octanol–water partition coefficient (Wildman–Crippen LogP) is 5.60. The first-order valence-electron chi connectivity index (χ1n) is 11.8. The maximum Gasteiger partial charge on any atom is 0.101 e. The van der Waals surface area contributed by atoms with Crippen molar-refractivity contribution in [1.82, 2.24) is 0 Å². The van der Waals surface area contributed by atoms with Crippen molar-refractivity contribution >= 4 is 0 Å². The fourth-order valence-corrected chi connectivity index (χ4v) is 3.23. The SMILES string of the molecule is CCCCCCCCCCCCCCCCOCC(O)COCCCCN. The van der Waals surface area contributed by atoms with Crippen LogP contribution in [-0.2, 0) is 9.47 Å². The third-order valence-electron chi connectivity index (χ3n) is 5.01. The van der Waals surface area contributed by atoms with E-state index in [0.29, 0.717) is 26.4 Å². The van der Waals surface area contributed by atoms with Crippen LogP contribution < -0.4 is 5.73 Å². The zero-order chi connectivity index (χ0) is 19.8. The average Bonchev–Trinajstić information content (AvgIpc) is 2.67. The molecule has 0 amide bonds. The zero-order valence-electron chi connectivity index (χ0n) is 18.3. The molecule has 4 nitrogen and oxygen atoms in total. The lowest BCUT2D eigenvalue weighted by atomic mass is 10.0. The maximum absolute atomic E-state index is 9.75. The van der Waals surface area contributed by atoms with Gasteiger partial charge >= 0.3 is 0 Å². The maximum atomic E-state index is 9.75. The molecule has 0 rings (SSSR count). The smallest absolute Gasteiger partial charge is 0.101 e. The molecule has 0 aromatic heterocycles. The number of nitrogens with two attached hydrogens (primary N) is 1. The van der Waals surface area contributed by atoms with E-state index in [9.17, 15) is 5.11 Å². The molecule has 0 bridgehead atoms. The van der Waals surface area contributed by atoms with Gasteiger partial charge in [0.1, 0.15) is 6.10 Å². The van der Waals surface area contributed by atoms with Crippen LogP contribution in [0, 0.1) is 0 Å².